The second kappa shape index (κ2) is 7.18. The molecule has 2 aromatic carbocycles. The van der Waals surface area contributed by atoms with E-state index in [0.717, 1.165) is 16.9 Å². The van der Waals surface area contributed by atoms with Crippen molar-refractivity contribution in [3.63, 3.8) is 0 Å². The zero-order chi connectivity index (χ0) is 18.7. The number of benzene rings is 2. The summed E-state index contributed by atoms with van der Waals surface area (Å²) in [6.45, 7) is 3.77. The molecule has 1 heterocycles. The Morgan fingerprint density at radius 1 is 1.19 bits per heavy atom. The number of nitro groups is 1. The van der Waals surface area contributed by atoms with Gasteiger partial charge in [0.2, 0.25) is 5.91 Å². The molecule has 0 aliphatic rings. The van der Waals surface area contributed by atoms with Crippen LogP contribution in [-0.2, 0) is 11.3 Å². The number of carbonyl (C=O) groups excluding carboxylic acids is 1. The van der Waals surface area contributed by atoms with E-state index in [-0.39, 0.29) is 11.6 Å². The number of aryl methyl sites for hydroxylation is 1. The Balaban J connectivity index is 1.91. The van der Waals surface area contributed by atoms with E-state index in [9.17, 15) is 14.9 Å². The molecule has 0 atom stereocenters. The highest BCUT2D eigenvalue weighted by molar-refractivity contribution is 5.96. The van der Waals surface area contributed by atoms with E-state index in [1.807, 2.05) is 36.4 Å². The van der Waals surface area contributed by atoms with Gasteiger partial charge in [0, 0.05) is 42.0 Å². The van der Waals surface area contributed by atoms with Crippen LogP contribution in [0.1, 0.15) is 18.2 Å². The molecular weight excluding hydrogens is 332 g/mol. The Bertz CT molecular complexity index is 1000. The van der Waals surface area contributed by atoms with Gasteiger partial charge in [0.25, 0.3) is 5.69 Å². The van der Waals surface area contributed by atoms with Crippen molar-refractivity contribution in [1.29, 1.82) is 0 Å². The van der Waals surface area contributed by atoms with E-state index in [2.05, 4.69) is 15.6 Å². The highest BCUT2D eigenvalue weighted by Crippen LogP contribution is 2.30. The lowest BCUT2D eigenvalue weighted by Gasteiger charge is -2.12. The molecule has 0 unspecified atom stereocenters. The first-order chi connectivity index (χ1) is 12.4. The summed E-state index contributed by atoms with van der Waals surface area (Å²) in [5, 5.41) is 18.0. The van der Waals surface area contributed by atoms with Gasteiger partial charge in [-0.3, -0.25) is 14.9 Å². The highest BCUT2D eigenvalue weighted by atomic mass is 16.6. The number of anilines is 2. The summed E-state index contributed by atoms with van der Waals surface area (Å²) < 4.78 is 0. The van der Waals surface area contributed by atoms with Gasteiger partial charge in [-0.2, -0.15) is 0 Å². The Labute approximate surface area is 150 Å². The van der Waals surface area contributed by atoms with Crippen LogP contribution in [0.2, 0.25) is 0 Å². The number of pyridine rings is 1. The number of hydrogen-bond donors (Lipinski definition) is 2. The molecule has 3 aromatic rings. The van der Waals surface area contributed by atoms with Crippen LogP contribution >= 0.6 is 0 Å². The molecule has 7 heteroatoms. The van der Waals surface area contributed by atoms with Crippen LogP contribution in [0.3, 0.4) is 0 Å². The minimum atomic E-state index is -0.421. The number of aromatic nitrogens is 1. The third kappa shape index (κ3) is 3.77. The minimum absolute atomic E-state index is 0.0121. The zero-order valence-electron chi connectivity index (χ0n) is 14.4. The van der Waals surface area contributed by atoms with Gasteiger partial charge in [-0.15, -0.1) is 0 Å². The van der Waals surface area contributed by atoms with Crippen LogP contribution < -0.4 is 10.6 Å². The third-order valence-electron chi connectivity index (χ3n) is 3.87. The summed E-state index contributed by atoms with van der Waals surface area (Å²) in [5.74, 6) is -0.127. The average Bonchev–Trinajstić information content (AvgIpc) is 2.58. The largest absolute Gasteiger partial charge is 0.380 e. The number of fused-ring (bicyclic) bond motifs is 1. The molecule has 3 rings (SSSR count). The van der Waals surface area contributed by atoms with Gasteiger partial charge >= 0.3 is 0 Å². The van der Waals surface area contributed by atoms with Crippen LogP contribution in [0.4, 0.5) is 17.1 Å². The molecule has 0 aliphatic heterocycles. The number of hydrogen-bond acceptors (Lipinski definition) is 5. The zero-order valence-corrected chi connectivity index (χ0v) is 14.4. The molecule has 7 nitrogen and oxygen atoms in total. The number of rotatable bonds is 5. The van der Waals surface area contributed by atoms with Crippen LogP contribution in [0.15, 0.2) is 48.5 Å². The molecule has 1 amide bonds. The summed E-state index contributed by atoms with van der Waals surface area (Å²) in [6.07, 6.45) is 0. The van der Waals surface area contributed by atoms with Crippen LogP contribution in [-0.4, -0.2) is 15.8 Å². The summed E-state index contributed by atoms with van der Waals surface area (Å²) in [6, 6.07) is 14.3. The SMILES string of the molecule is CC(=O)Nc1cccc(CNc2cc(C)nc3c([N+](=O)[O-])cccc23)c1. The first kappa shape index (κ1) is 17.3. The maximum Gasteiger partial charge on any atom is 0.295 e. The molecule has 0 spiro atoms. The maximum atomic E-state index is 11.3. The predicted molar refractivity (Wildman–Crippen MR) is 101 cm³/mol. The smallest absolute Gasteiger partial charge is 0.295 e. The van der Waals surface area contributed by atoms with Crippen molar-refractivity contribution < 1.29 is 9.72 Å². The van der Waals surface area contributed by atoms with E-state index in [0.29, 0.717) is 23.1 Å². The quantitative estimate of drug-likeness (QED) is 0.535. The number of carbonyl (C=O) groups is 1. The number of nitro benzene ring substituents is 1. The third-order valence-corrected chi connectivity index (χ3v) is 3.87. The summed E-state index contributed by atoms with van der Waals surface area (Å²) in [7, 11) is 0. The van der Waals surface area contributed by atoms with Gasteiger partial charge in [-0.25, -0.2) is 4.98 Å². The lowest BCUT2D eigenvalue weighted by Crippen LogP contribution is -2.07. The average molecular weight is 350 g/mol. The highest BCUT2D eigenvalue weighted by Gasteiger charge is 2.15. The second-order valence-corrected chi connectivity index (χ2v) is 5.98. The molecule has 1 aromatic heterocycles. The Kier molecular flexibility index (Phi) is 4.79. The van der Waals surface area contributed by atoms with Gasteiger partial charge in [0.1, 0.15) is 0 Å². The van der Waals surface area contributed by atoms with Crippen molar-refractivity contribution >= 4 is 33.9 Å². The Morgan fingerprint density at radius 3 is 2.69 bits per heavy atom. The van der Waals surface area contributed by atoms with Crippen molar-refractivity contribution in [2.45, 2.75) is 20.4 Å². The van der Waals surface area contributed by atoms with Gasteiger partial charge in [-0.05, 0) is 30.7 Å². The number of amides is 1. The van der Waals surface area contributed by atoms with E-state index >= 15 is 0 Å². The second-order valence-electron chi connectivity index (χ2n) is 5.98. The van der Waals surface area contributed by atoms with Crippen LogP contribution in [0.25, 0.3) is 10.9 Å². The van der Waals surface area contributed by atoms with Crippen molar-refractivity contribution in [1.82, 2.24) is 4.98 Å². The number of para-hydroxylation sites is 1. The van der Waals surface area contributed by atoms with E-state index < -0.39 is 4.92 Å². The van der Waals surface area contributed by atoms with Crippen LogP contribution in [0.5, 0.6) is 0 Å². The lowest BCUT2D eigenvalue weighted by molar-refractivity contribution is -0.383. The monoisotopic (exact) mass is 350 g/mol. The summed E-state index contributed by atoms with van der Waals surface area (Å²) in [4.78, 5) is 26.3. The number of nitrogens with one attached hydrogen (secondary N) is 2. The molecular formula is C19H18N4O3. The fourth-order valence-corrected chi connectivity index (χ4v) is 2.81. The maximum absolute atomic E-state index is 11.3. The summed E-state index contributed by atoms with van der Waals surface area (Å²) in [5.41, 5.74) is 3.53. The van der Waals surface area contributed by atoms with Crippen LogP contribution in [0, 0.1) is 17.0 Å². The molecule has 2 N–H and O–H groups in total. The Hall–Kier alpha value is -3.48. The number of non-ortho nitro benzene ring substituents is 1. The minimum Gasteiger partial charge on any atom is -0.380 e. The van der Waals surface area contributed by atoms with Gasteiger partial charge < -0.3 is 10.6 Å². The molecule has 26 heavy (non-hydrogen) atoms. The van der Waals surface area contributed by atoms with Gasteiger partial charge in [0.05, 0.1) is 4.92 Å². The van der Waals surface area contributed by atoms with Crippen molar-refractivity contribution in [2.24, 2.45) is 0 Å². The van der Waals surface area contributed by atoms with Gasteiger partial charge in [-0.1, -0.05) is 24.3 Å². The van der Waals surface area contributed by atoms with E-state index in [1.165, 1.54) is 13.0 Å². The summed E-state index contributed by atoms with van der Waals surface area (Å²) >= 11 is 0. The van der Waals surface area contributed by atoms with Gasteiger partial charge in [0.15, 0.2) is 5.52 Å². The normalized spacial score (nSPS) is 10.5. The fourth-order valence-electron chi connectivity index (χ4n) is 2.81. The van der Waals surface area contributed by atoms with E-state index in [1.54, 1.807) is 13.0 Å². The molecule has 0 bridgehead atoms. The first-order valence-electron chi connectivity index (χ1n) is 8.09. The molecule has 0 aliphatic carbocycles. The molecule has 0 radical (unpaired) electrons. The number of nitrogens with zero attached hydrogens (tertiary/aromatic N) is 2. The van der Waals surface area contributed by atoms with E-state index in [4.69, 9.17) is 0 Å². The topological polar surface area (TPSA) is 97.2 Å². The standard InChI is InChI=1S/C19H18N4O3/c1-12-9-17(16-7-4-8-18(23(25)26)19(16)21-12)20-11-14-5-3-6-15(10-14)22-13(2)24/h3-10H,11H2,1-2H3,(H,20,21)(H,22,24). The predicted octanol–water partition coefficient (Wildman–Crippen LogP) is 4.02. The fraction of sp³-hybridized carbons (Fsp3) is 0.158. The molecule has 0 saturated heterocycles. The molecule has 132 valence electrons. The van der Waals surface area contributed by atoms with Crippen molar-refractivity contribution in [3.05, 3.63) is 69.9 Å². The van der Waals surface area contributed by atoms with Crippen molar-refractivity contribution in [2.75, 3.05) is 10.6 Å². The van der Waals surface area contributed by atoms with Crippen molar-refractivity contribution in [3.8, 4) is 0 Å². The molecule has 0 fully saturated rings. The Morgan fingerprint density at radius 2 is 1.96 bits per heavy atom. The molecule has 0 saturated carbocycles. The lowest BCUT2D eigenvalue weighted by atomic mass is 10.1. The first-order valence-corrected chi connectivity index (χ1v) is 8.09.